The Bertz CT molecular complexity index is 741. The van der Waals surface area contributed by atoms with Gasteiger partial charge in [0, 0.05) is 38.6 Å². The Labute approximate surface area is 146 Å². The number of fused-ring (bicyclic) bond motifs is 1. The van der Waals surface area contributed by atoms with E-state index in [0.29, 0.717) is 36.7 Å². The fourth-order valence-electron chi connectivity index (χ4n) is 3.79. The molecule has 0 radical (unpaired) electrons. The summed E-state index contributed by atoms with van der Waals surface area (Å²) in [6.07, 6.45) is 3.68. The van der Waals surface area contributed by atoms with Crippen LogP contribution < -0.4 is 0 Å². The second-order valence-electron chi connectivity index (χ2n) is 6.71. The Hall–Kier alpha value is -2.25. The Balaban J connectivity index is 1.50. The van der Waals surface area contributed by atoms with Gasteiger partial charge < -0.3 is 14.2 Å². The second-order valence-corrected chi connectivity index (χ2v) is 6.71. The molecule has 2 unspecified atom stereocenters. The maximum Gasteiger partial charge on any atom is 0.259 e. The predicted molar refractivity (Wildman–Crippen MR) is 90.1 cm³/mol. The number of carbonyl (C=O) groups is 1. The van der Waals surface area contributed by atoms with Crippen molar-refractivity contribution in [3.05, 3.63) is 47.1 Å². The number of pyridine rings is 1. The molecule has 4 rings (SSSR count). The molecule has 0 saturated carbocycles. The smallest absolute Gasteiger partial charge is 0.259 e. The summed E-state index contributed by atoms with van der Waals surface area (Å²) >= 11 is 0. The zero-order chi connectivity index (χ0) is 17.4. The maximum absolute atomic E-state index is 12.9. The van der Waals surface area contributed by atoms with E-state index in [1.807, 2.05) is 29.4 Å². The van der Waals surface area contributed by atoms with Gasteiger partial charge >= 0.3 is 0 Å². The number of rotatable bonds is 3. The van der Waals surface area contributed by atoms with E-state index in [4.69, 9.17) is 9.26 Å². The van der Waals surface area contributed by atoms with Crippen molar-refractivity contribution in [1.82, 2.24) is 19.9 Å². The van der Waals surface area contributed by atoms with Crippen molar-refractivity contribution >= 4 is 5.91 Å². The van der Waals surface area contributed by atoms with Crippen LogP contribution in [0.3, 0.4) is 0 Å². The molecule has 0 aliphatic carbocycles. The Kier molecular flexibility index (Phi) is 4.27. The summed E-state index contributed by atoms with van der Waals surface area (Å²) in [7, 11) is 0. The zero-order valence-corrected chi connectivity index (χ0v) is 14.5. The summed E-state index contributed by atoms with van der Waals surface area (Å²) in [5, 5.41) is 3.90. The number of hydrogen-bond donors (Lipinski definition) is 0. The molecular weight excluding hydrogens is 320 g/mol. The highest BCUT2D eigenvalue weighted by atomic mass is 16.5. The molecule has 2 aromatic rings. The fourth-order valence-corrected chi connectivity index (χ4v) is 3.79. The van der Waals surface area contributed by atoms with Gasteiger partial charge in [-0.1, -0.05) is 5.16 Å². The number of aromatic nitrogens is 2. The molecule has 2 atom stereocenters. The van der Waals surface area contributed by atoms with Crippen LogP contribution in [0, 0.1) is 13.8 Å². The van der Waals surface area contributed by atoms with E-state index in [9.17, 15) is 4.79 Å². The van der Waals surface area contributed by atoms with Crippen molar-refractivity contribution in [1.29, 1.82) is 0 Å². The van der Waals surface area contributed by atoms with E-state index in [0.717, 1.165) is 13.1 Å². The molecule has 7 heteroatoms. The molecule has 2 aromatic heterocycles. The van der Waals surface area contributed by atoms with Gasteiger partial charge in [-0.2, -0.15) is 0 Å². The number of likely N-dealkylation sites (tertiary alicyclic amines) is 1. The van der Waals surface area contributed by atoms with Crippen LogP contribution in [0.15, 0.2) is 29.0 Å². The van der Waals surface area contributed by atoms with Crippen LogP contribution in [0.1, 0.15) is 27.4 Å². The highest BCUT2D eigenvalue weighted by Gasteiger charge is 2.42. The molecule has 1 amide bonds. The van der Waals surface area contributed by atoms with Crippen molar-refractivity contribution in [3.63, 3.8) is 0 Å². The molecule has 0 N–H and O–H groups in total. The lowest BCUT2D eigenvalue weighted by atomic mass is 10.1. The molecule has 25 heavy (non-hydrogen) atoms. The third-order valence-corrected chi connectivity index (χ3v) is 5.09. The minimum atomic E-state index is -0.0156. The molecule has 2 aliphatic heterocycles. The predicted octanol–water partition coefficient (Wildman–Crippen LogP) is 1.41. The van der Waals surface area contributed by atoms with Crippen molar-refractivity contribution in [2.75, 3.05) is 26.2 Å². The summed E-state index contributed by atoms with van der Waals surface area (Å²) in [6.45, 7) is 7.28. The third-order valence-electron chi connectivity index (χ3n) is 5.09. The van der Waals surface area contributed by atoms with Gasteiger partial charge in [0.25, 0.3) is 5.91 Å². The summed E-state index contributed by atoms with van der Waals surface area (Å²) < 4.78 is 11.1. The number of carbonyl (C=O) groups excluding carboxylic acids is 1. The molecule has 2 saturated heterocycles. The second kappa shape index (κ2) is 6.57. The summed E-state index contributed by atoms with van der Waals surface area (Å²) in [4.78, 5) is 21.3. The number of hydrogen-bond acceptors (Lipinski definition) is 6. The van der Waals surface area contributed by atoms with E-state index in [-0.39, 0.29) is 18.1 Å². The molecule has 4 heterocycles. The van der Waals surface area contributed by atoms with Gasteiger partial charge in [0.15, 0.2) is 0 Å². The SMILES string of the molecule is Cc1noc(C)c1C(=O)N1CC2OCCN(Cc3ccncc3)C2C1. The van der Waals surface area contributed by atoms with Crippen molar-refractivity contribution < 1.29 is 14.1 Å². The van der Waals surface area contributed by atoms with Gasteiger partial charge in [0.2, 0.25) is 0 Å². The van der Waals surface area contributed by atoms with E-state index in [1.54, 1.807) is 13.8 Å². The van der Waals surface area contributed by atoms with Crippen molar-refractivity contribution in [3.8, 4) is 0 Å². The molecule has 7 nitrogen and oxygen atoms in total. The monoisotopic (exact) mass is 342 g/mol. The molecule has 0 spiro atoms. The Morgan fingerprint density at radius 3 is 2.80 bits per heavy atom. The molecule has 0 bridgehead atoms. The minimum absolute atomic E-state index is 0.0156. The first-order valence-electron chi connectivity index (χ1n) is 8.60. The fraction of sp³-hybridized carbons (Fsp3) is 0.500. The third kappa shape index (κ3) is 3.05. The molecule has 0 aromatic carbocycles. The zero-order valence-electron chi connectivity index (χ0n) is 14.5. The standard InChI is InChI=1S/C18H22N4O3/c1-12-17(13(2)25-20-12)18(23)22-10-15-16(11-22)24-8-7-21(15)9-14-3-5-19-6-4-14/h3-6,15-16H,7-11H2,1-2H3. The van der Waals surface area contributed by atoms with Crippen LogP contribution in [0.4, 0.5) is 0 Å². The topological polar surface area (TPSA) is 71.7 Å². The van der Waals surface area contributed by atoms with Crippen molar-refractivity contribution in [2.24, 2.45) is 0 Å². The van der Waals surface area contributed by atoms with Gasteiger partial charge in [-0.15, -0.1) is 0 Å². The number of aryl methyl sites for hydroxylation is 2. The lowest BCUT2D eigenvalue weighted by molar-refractivity contribution is -0.0503. The minimum Gasteiger partial charge on any atom is -0.373 e. The number of nitrogens with zero attached hydrogens (tertiary/aromatic N) is 4. The van der Waals surface area contributed by atoms with E-state index >= 15 is 0 Å². The molecule has 2 aliphatic rings. The number of ether oxygens (including phenoxy) is 1. The molecule has 132 valence electrons. The average Bonchev–Trinajstić information content (AvgIpc) is 3.20. The van der Waals surface area contributed by atoms with Crippen LogP contribution in [0.2, 0.25) is 0 Å². The number of morpholine rings is 1. The highest BCUT2D eigenvalue weighted by Crippen LogP contribution is 2.27. The number of amides is 1. The average molecular weight is 342 g/mol. The van der Waals surface area contributed by atoms with Crippen LogP contribution in [-0.2, 0) is 11.3 Å². The normalized spacial score (nSPS) is 23.7. The van der Waals surface area contributed by atoms with Gasteiger partial charge in [-0.25, -0.2) is 0 Å². The molecule has 2 fully saturated rings. The first-order chi connectivity index (χ1) is 12.1. The lowest BCUT2D eigenvalue weighted by Crippen LogP contribution is -2.50. The van der Waals surface area contributed by atoms with Gasteiger partial charge in [0.05, 0.1) is 24.4 Å². The quantitative estimate of drug-likeness (QED) is 0.840. The van der Waals surface area contributed by atoms with E-state index < -0.39 is 0 Å². The van der Waals surface area contributed by atoms with Crippen LogP contribution in [0.5, 0.6) is 0 Å². The first kappa shape index (κ1) is 16.2. The highest BCUT2D eigenvalue weighted by molar-refractivity contribution is 5.96. The lowest BCUT2D eigenvalue weighted by Gasteiger charge is -2.36. The summed E-state index contributed by atoms with van der Waals surface area (Å²) in [5.41, 5.74) is 2.46. The van der Waals surface area contributed by atoms with Crippen LogP contribution in [-0.4, -0.2) is 64.2 Å². The van der Waals surface area contributed by atoms with Gasteiger partial charge in [0.1, 0.15) is 11.3 Å². The Morgan fingerprint density at radius 2 is 2.08 bits per heavy atom. The van der Waals surface area contributed by atoms with Gasteiger partial charge in [-0.05, 0) is 31.5 Å². The summed E-state index contributed by atoms with van der Waals surface area (Å²) in [5.74, 6) is 0.560. The Morgan fingerprint density at radius 1 is 1.28 bits per heavy atom. The van der Waals surface area contributed by atoms with Crippen molar-refractivity contribution in [2.45, 2.75) is 32.5 Å². The van der Waals surface area contributed by atoms with Crippen LogP contribution in [0.25, 0.3) is 0 Å². The summed E-state index contributed by atoms with van der Waals surface area (Å²) in [6, 6.07) is 4.28. The largest absolute Gasteiger partial charge is 0.373 e. The van der Waals surface area contributed by atoms with E-state index in [1.165, 1.54) is 5.56 Å². The molecular formula is C18H22N4O3. The van der Waals surface area contributed by atoms with Crippen LogP contribution >= 0.6 is 0 Å². The maximum atomic E-state index is 12.9. The van der Waals surface area contributed by atoms with E-state index in [2.05, 4.69) is 15.0 Å². The first-order valence-corrected chi connectivity index (χ1v) is 8.60. The van der Waals surface area contributed by atoms with Gasteiger partial charge in [-0.3, -0.25) is 14.7 Å².